The number of hydrogen-bond acceptors (Lipinski definition) is 3. The molecule has 0 aliphatic heterocycles. The summed E-state index contributed by atoms with van der Waals surface area (Å²) in [5.41, 5.74) is 2.84. The van der Waals surface area contributed by atoms with E-state index in [0.717, 1.165) is 17.5 Å². The molecule has 0 saturated heterocycles. The Balaban J connectivity index is 3.50. The number of hydrogen-bond donors (Lipinski definition) is 0. The van der Waals surface area contributed by atoms with Crippen molar-refractivity contribution in [3.8, 4) is 6.07 Å². The van der Waals surface area contributed by atoms with E-state index in [9.17, 15) is 4.79 Å². The summed E-state index contributed by atoms with van der Waals surface area (Å²) in [6.07, 6.45) is 1.41. The van der Waals surface area contributed by atoms with Crippen LogP contribution in [-0.4, -0.2) is 13.1 Å². The maximum Gasteiger partial charge on any atom is 0.338 e. The molecule has 0 aromatic heterocycles. The van der Waals surface area contributed by atoms with Gasteiger partial charge in [-0.3, -0.25) is 0 Å². The normalized spacial score (nSPS) is 9.62. The lowest BCUT2D eigenvalue weighted by atomic mass is 9.93. The van der Waals surface area contributed by atoms with Crippen LogP contribution in [0.25, 0.3) is 0 Å². The summed E-state index contributed by atoms with van der Waals surface area (Å²) in [6, 6.07) is 5.70. The molecule has 0 bridgehead atoms. The minimum Gasteiger partial charge on any atom is -0.465 e. The van der Waals surface area contributed by atoms with E-state index in [4.69, 9.17) is 10.00 Å². The molecule has 0 aliphatic rings. The summed E-state index contributed by atoms with van der Waals surface area (Å²) < 4.78 is 4.77. The van der Waals surface area contributed by atoms with Crippen molar-refractivity contribution in [1.29, 1.82) is 5.26 Å². The zero-order valence-corrected chi connectivity index (χ0v) is 9.83. The Labute approximate surface area is 95.7 Å². The van der Waals surface area contributed by atoms with E-state index in [2.05, 4.69) is 6.07 Å². The van der Waals surface area contributed by atoms with Crippen molar-refractivity contribution < 1.29 is 9.53 Å². The smallest absolute Gasteiger partial charge is 0.338 e. The van der Waals surface area contributed by atoms with E-state index < -0.39 is 0 Å². The number of nitrogens with zero attached hydrogens (tertiary/aromatic N) is 1. The van der Waals surface area contributed by atoms with Crippen molar-refractivity contribution in [1.82, 2.24) is 0 Å². The number of aryl methyl sites for hydroxylation is 1. The number of rotatable bonds is 3. The summed E-state index contributed by atoms with van der Waals surface area (Å²) in [7, 11) is 1.36. The number of methoxy groups -OCH3 is 1. The van der Waals surface area contributed by atoms with Crippen LogP contribution in [0.3, 0.4) is 0 Å². The Kier molecular flexibility index (Phi) is 4.07. The van der Waals surface area contributed by atoms with E-state index in [0.29, 0.717) is 17.5 Å². The topological polar surface area (TPSA) is 50.1 Å². The third kappa shape index (κ3) is 2.06. The van der Waals surface area contributed by atoms with Gasteiger partial charge in [0.25, 0.3) is 0 Å². The lowest BCUT2D eigenvalue weighted by molar-refractivity contribution is 0.0598. The van der Waals surface area contributed by atoms with Crippen LogP contribution in [0.15, 0.2) is 12.1 Å². The van der Waals surface area contributed by atoms with Gasteiger partial charge in [-0.05, 0) is 30.0 Å². The lowest BCUT2D eigenvalue weighted by Crippen LogP contribution is -2.10. The van der Waals surface area contributed by atoms with Gasteiger partial charge in [0.2, 0.25) is 0 Å². The van der Waals surface area contributed by atoms with Gasteiger partial charge in [0.1, 0.15) is 0 Å². The van der Waals surface area contributed by atoms with Crippen LogP contribution in [0.4, 0.5) is 0 Å². The largest absolute Gasteiger partial charge is 0.465 e. The van der Waals surface area contributed by atoms with Crippen molar-refractivity contribution in [2.45, 2.75) is 26.7 Å². The Morgan fingerprint density at radius 2 is 2.06 bits per heavy atom. The Morgan fingerprint density at radius 3 is 2.50 bits per heavy atom. The number of esters is 1. The first kappa shape index (κ1) is 12.3. The fourth-order valence-corrected chi connectivity index (χ4v) is 1.82. The van der Waals surface area contributed by atoms with E-state index in [1.54, 1.807) is 6.07 Å². The van der Waals surface area contributed by atoms with E-state index >= 15 is 0 Å². The molecule has 0 fully saturated rings. The molecule has 0 unspecified atom stereocenters. The fraction of sp³-hybridized carbons (Fsp3) is 0.385. The van der Waals surface area contributed by atoms with E-state index in [1.165, 1.54) is 7.11 Å². The lowest BCUT2D eigenvalue weighted by Gasteiger charge is -2.12. The number of carbonyl (C=O) groups excluding carboxylic acids is 1. The minimum absolute atomic E-state index is 0.356. The number of benzene rings is 1. The predicted molar refractivity (Wildman–Crippen MR) is 61.3 cm³/mol. The summed E-state index contributed by atoms with van der Waals surface area (Å²) >= 11 is 0. The third-order valence-corrected chi connectivity index (χ3v) is 2.64. The van der Waals surface area contributed by atoms with Gasteiger partial charge < -0.3 is 4.74 Å². The van der Waals surface area contributed by atoms with E-state index in [-0.39, 0.29) is 5.97 Å². The molecule has 3 heteroatoms. The van der Waals surface area contributed by atoms with Gasteiger partial charge in [0, 0.05) is 0 Å². The zero-order valence-electron chi connectivity index (χ0n) is 9.83. The standard InChI is InChI=1S/C13H15NO2/c1-4-9-6-7-10(8-14)11(5-2)12(9)13(15)16-3/h6-7H,4-5H2,1-3H3. The van der Waals surface area contributed by atoms with Crippen LogP contribution in [0.5, 0.6) is 0 Å². The number of nitriles is 1. The maximum atomic E-state index is 11.7. The summed E-state index contributed by atoms with van der Waals surface area (Å²) in [4.78, 5) is 11.7. The van der Waals surface area contributed by atoms with E-state index in [1.807, 2.05) is 19.9 Å². The molecular formula is C13H15NO2. The first-order valence-electron chi connectivity index (χ1n) is 5.32. The molecule has 16 heavy (non-hydrogen) atoms. The molecule has 0 spiro atoms. The molecule has 0 N–H and O–H groups in total. The maximum absolute atomic E-state index is 11.7. The van der Waals surface area contributed by atoms with Crippen molar-refractivity contribution in [3.05, 3.63) is 34.4 Å². The van der Waals surface area contributed by atoms with Crippen molar-refractivity contribution in [2.24, 2.45) is 0 Å². The molecule has 0 amide bonds. The monoisotopic (exact) mass is 217 g/mol. The number of ether oxygens (including phenoxy) is 1. The van der Waals surface area contributed by atoms with Gasteiger partial charge in [-0.25, -0.2) is 4.79 Å². The highest BCUT2D eigenvalue weighted by Gasteiger charge is 2.18. The fourth-order valence-electron chi connectivity index (χ4n) is 1.82. The SMILES string of the molecule is CCc1ccc(C#N)c(CC)c1C(=O)OC. The Hall–Kier alpha value is -1.82. The van der Waals surface area contributed by atoms with Crippen LogP contribution in [0.1, 0.15) is 40.9 Å². The molecule has 0 atom stereocenters. The predicted octanol–water partition coefficient (Wildman–Crippen LogP) is 2.47. The molecule has 1 aromatic rings. The van der Waals surface area contributed by atoms with Crippen LogP contribution in [0.2, 0.25) is 0 Å². The van der Waals surface area contributed by atoms with Gasteiger partial charge in [-0.1, -0.05) is 19.9 Å². The average Bonchev–Trinajstić information content (AvgIpc) is 2.35. The summed E-state index contributed by atoms with van der Waals surface area (Å²) in [5.74, 6) is -0.356. The third-order valence-electron chi connectivity index (χ3n) is 2.64. The highest BCUT2D eigenvalue weighted by Crippen LogP contribution is 2.21. The molecule has 0 heterocycles. The van der Waals surface area contributed by atoms with Gasteiger partial charge in [-0.15, -0.1) is 0 Å². The van der Waals surface area contributed by atoms with Crippen molar-refractivity contribution in [3.63, 3.8) is 0 Å². The molecule has 3 nitrogen and oxygen atoms in total. The van der Waals surface area contributed by atoms with Crippen LogP contribution in [-0.2, 0) is 17.6 Å². The van der Waals surface area contributed by atoms with Crippen LogP contribution < -0.4 is 0 Å². The molecule has 0 radical (unpaired) electrons. The Morgan fingerprint density at radius 1 is 1.38 bits per heavy atom. The number of carbonyl (C=O) groups is 1. The van der Waals surface area contributed by atoms with Crippen molar-refractivity contribution >= 4 is 5.97 Å². The molecular weight excluding hydrogens is 202 g/mol. The molecule has 0 saturated carbocycles. The second-order valence-electron chi connectivity index (χ2n) is 3.44. The van der Waals surface area contributed by atoms with Crippen molar-refractivity contribution in [2.75, 3.05) is 7.11 Å². The highest BCUT2D eigenvalue weighted by atomic mass is 16.5. The van der Waals surface area contributed by atoms with Crippen LogP contribution >= 0.6 is 0 Å². The molecule has 1 aromatic carbocycles. The van der Waals surface area contributed by atoms with Gasteiger partial charge >= 0.3 is 5.97 Å². The first-order valence-corrected chi connectivity index (χ1v) is 5.32. The first-order chi connectivity index (χ1) is 7.69. The second kappa shape index (κ2) is 5.32. The molecule has 0 aliphatic carbocycles. The zero-order chi connectivity index (χ0) is 12.1. The molecule has 84 valence electrons. The Bertz CT molecular complexity index is 444. The highest BCUT2D eigenvalue weighted by molar-refractivity contribution is 5.93. The summed E-state index contributed by atoms with van der Waals surface area (Å²) in [5, 5.41) is 8.99. The average molecular weight is 217 g/mol. The minimum atomic E-state index is -0.356. The quantitative estimate of drug-likeness (QED) is 0.731. The van der Waals surface area contributed by atoms with Gasteiger partial charge in [0.05, 0.1) is 24.3 Å². The van der Waals surface area contributed by atoms with Gasteiger partial charge in [-0.2, -0.15) is 5.26 Å². The second-order valence-corrected chi connectivity index (χ2v) is 3.44. The van der Waals surface area contributed by atoms with Gasteiger partial charge in [0.15, 0.2) is 0 Å². The summed E-state index contributed by atoms with van der Waals surface area (Å²) in [6.45, 7) is 3.91. The molecule has 1 rings (SSSR count). The van der Waals surface area contributed by atoms with Crippen LogP contribution in [0, 0.1) is 11.3 Å².